The third-order valence-corrected chi connectivity index (χ3v) is 1.87. The summed E-state index contributed by atoms with van der Waals surface area (Å²) in [4.78, 5) is 14.7. The summed E-state index contributed by atoms with van der Waals surface area (Å²) in [5.74, 6) is -1.33. The minimum Gasteiger partial charge on any atom is -0.465 e. The largest absolute Gasteiger partial charge is 0.465 e. The lowest BCUT2D eigenvalue weighted by Crippen LogP contribution is -2.12. The number of nitrogens with zero attached hydrogens (tertiary/aromatic N) is 2. The summed E-state index contributed by atoms with van der Waals surface area (Å²) in [7, 11) is 1.02. The van der Waals surface area contributed by atoms with Crippen molar-refractivity contribution in [2.24, 2.45) is 0 Å². The van der Waals surface area contributed by atoms with Crippen LogP contribution < -0.4 is 5.73 Å². The van der Waals surface area contributed by atoms with Gasteiger partial charge in [0.1, 0.15) is 17.5 Å². The molecule has 0 saturated carbocycles. The number of carbonyl (C=O) groups excluding carboxylic acids is 1. The highest BCUT2D eigenvalue weighted by molar-refractivity contribution is 5.95. The maximum atomic E-state index is 12.6. The highest BCUT2D eigenvalue weighted by atomic mass is 19.3. The van der Waals surface area contributed by atoms with E-state index in [9.17, 15) is 13.6 Å². The second-order valence-electron chi connectivity index (χ2n) is 2.75. The maximum Gasteiger partial charge on any atom is 0.339 e. The van der Waals surface area contributed by atoms with E-state index < -0.39 is 29.1 Å². The molecule has 0 atom stereocenters. The number of hydrogen-bond donors (Lipinski definition) is 1. The first kappa shape index (κ1) is 11.8. The molecule has 0 spiro atoms. The molecule has 0 aliphatic rings. The molecule has 1 aromatic rings. The molecule has 2 N–H and O–H groups in total. The SMILES string of the molecule is COC(=O)c1c(C(F)F)cnc(N)c1C#N. The summed E-state index contributed by atoms with van der Waals surface area (Å²) in [5.41, 5.74) is 3.71. The number of alkyl halides is 2. The Morgan fingerprint density at radius 1 is 1.69 bits per heavy atom. The number of hydrogen-bond acceptors (Lipinski definition) is 5. The molecule has 0 amide bonds. The summed E-state index contributed by atoms with van der Waals surface area (Å²) in [6.07, 6.45) is -2.18. The van der Waals surface area contributed by atoms with Crippen LogP contribution >= 0.6 is 0 Å². The number of nitrogens with two attached hydrogens (primary N) is 1. The number of pyridine rings is 1. The number of anilines is 1. The van der Waals surface area contributed by atoms with Crippen LogP contribution in [0.25, 0.3) is 0 Å². The first-order chi connectivity index (χ1) is 7.52. The molecular formula is C9H7F2N3O2. The number of aromatic nitrogens is 1. The van der Waals surface area contributed by atoms with Gasteiger partial charge in [-0.1, -0.05) is 0 Å². The van der Waals surface area contributed by atoms with Gasteiger partial charge in [0.15, 0.2) is 0 Å². The predicted octanol–water partition coefficient (Wildman–Crippen LogP) is 1.26. The van der Waals surface area contributed by atoms with Crippen molar-refractivity contribution in [2.75, 3.05) is 12.8 Å². The number of nitriles is 1. The molecular weight excluding hydrogens is 220 g/mol. The Bertz CT molecular complexity index is 469. The molecule has 16 heavy (non-hydrogen) atoms. The zero-order chi connectivity index (χ0) is 12.3. The number of carbonyl (C=O) groups is 1. The van der Waals surface area contributed by atoms with Crippen LogP contribution in [0.4, 0.5) is 14.6 Å². The monoisotopic (exact) mass is 227 g/mol. The molecule has 1 rings (SSSR count). The molecule has 5 nitrogen and oxygen atoms in total. The van der Waals surface area contributed by atoms with Gasteiger partial charge in [-0.25, -0.2) is 18.6 Å². The second-order valence-corrected chi connectivity index (χ2v) is 2.75. The molecule has 84 valence electrons. The fraction of sp³-hybridized carbons (Fsp3) is 0.222. The number of nitrogen functional groups attached to an aromatic ring is 1. The summed E-state index contributed by atoms with van der Waals surface area (Å²) >= 11 is 0. The van der Waals surface area contributed by atoms with Gasteiger partial charge in [0.2, 0.25) is 0 Å². The Morgan fingerprint density at radius 2 is 2.31 bits per heavy atom. The van der Waals surface area contributed by atoms with Gasteiger partial charge in [-0.2, -0.15) is 5.26 Å². The average Bonchev–Trinajstić information content (AvgIpc) is 2.27. The van der Waals surface area contributed by atoms with Crippen LogP contribution in [0, 0.1) is 11.3 Å². The molecule has 7 heteroatoms. The number of halogens is 2. The van der Waals surface area contributed by atoms with Gasteiger partial charge in [-0.15, -0.1) is 0 Å². The average molecular weight is 227 g/mol. The lowest BCUT2D eigenvalue weighted by molar-refractivity contribution is 0.0588. The van der Waals surface area contributed by atoms with Crippen molar-refractivity contribution in [3.8, 4) is 6.07 Å². The molecule has 0 aliphatic carbocycles. The van der Waals surface area contributed by atoms with Crippen LogP contribution in [0.2, 0.25) is 0 Å². The maximum absolute atomic E-state index is 12.6. The number of ether oxygens (including phenoxy) is 1. The van der Waals surface area contributed by atoms with E-state index in [1.54, 1.807) is 6.07 Å². The van der Waals surface area contributed by atoms with Crippen molar-refractivity contribution in [2.45, 2.75) is 6.43 Å². The van der Waals surface area contributed by atoms with Crippen LogP contribution in [-0.4, -0.2) is 18.1 Å². The minimum absolute atomic E-state index is 0.285. The number of methoxy groups -OCH3 is 1. The summed E-state index contributed by atoms with van der Waals surface area (Å²) in [6, 6.07) is 1.55. The van der Waals surface area contributed by atoms with E-state index in [0.29, 0.717) is 0 Å². The molecule has 0 radical (unpaired) electrons. The zero-order valence-corrected chi connectivity index (χ0v) is 8.20. The van der Waals surface area contributed by atoms with Gasteiger partial charge in [-0.3, -0.25) is 0 Å². The fourth-order valence-electron chi connectivity index (χ4n) is 1.14. The first-order valence-corrected chi connectivity index (χ1v) is 4.07. The van der Waals surface area contributed by atoms with E-state index in [1.165, 1.54) is 0 Å². The smallest absolute Gasteiger partial charge is 0.339 e. The van der Waals surface area contributed by atoms with Gasteiger partial charge < -0.3 is 10.5 Å². The molecule has 1 heterocycles. The van der Waals surface area contributed by atoms with E-state index in [2.05, 4.69) is 9.72 Å². The van der Waals surface area contributed by atoms with E-state index in [-0.39, 0.29) is 5.82 Å². The highest BCUT2D eigenvalue weighted by Gasteiger charge is 2.25. The summed E-state index contributed by atoms with van der Waals surface area (Å²) in [5, 5.41) is 8.73. The Hall–Kier alpha value is -2.23. The molecule has 0 aromatic carbocycles. The Labute approximate surface area is 89.4 Å². The second kappa shape index (κ2) is 4.53. The highest BCUT2D eigenvalue weighted by Crippen LogP contribution is 2.27. The van der Waals surface area contributed by atoms with Gasteiger partial charge in [0.05, 0.1) is 18.2 Å². The molecule has 0 aliphatic heterocycles. The van der Waals surface area contributed by atoms with Gasteiger partial charge in [0.25, 0.3) is 6.43 Å². The predicted molar refractivity (Wildman–Crippen MR) is 49.7 cm³/mol. The minimum atomic E-state index is -2.94. The lowest BCUT2D eigenvalue weighted by atomic mass is 10.0. The van der Waals surface area contributed by atoms with Crippen LogP contribution in [-0.2, 0) is 4.74 Å². The van der Waals surface area contributed by atoms with E-state index in [1.807, 2.05) is 0 Å². The lowest BCUT2D eigenvalue weighted by Gasteiger charge is -2.09. The molecule has 0 bridgehead atoms. The third kappa shape index (κ3) is 1.91. The van der Waals surface area contributed by atoms with Crippen LogP contribution in [0.15, 0.2) is 6.20 Å². The van der Waals surface area contributed by atoms with Crippen LogP contribution in [0.1, 0.15) is 27.9 Å². The van der Waals surface area contributed by atoms with Crippen LogP contribution in [0.5, 0.6) is 0 Å². The summed E-state index contributed by atoms with van der Waals surface area (Å²) < 4.78 is 29.5. The van der Waals surface area contributed by atoms with Crippen molar-refractivity contribution in [3.63, 3.8) is 0 Å². The number of rotatable bonds is 2. The fourth-order valence-corrected chi connectivity index (χ4v) is 1.14. The van der Waals surface area contributed by atoms with Crippen molar-refractivity contribution >= 4 is 11.8 Å². The van der Waals surface area contributed by atoms with Gasteiger partial charge >= 0.3 is 5.97 Å². The molecule has 0 saturated heterocycles. The van der Waals surface area contributed by atoms with Gasteiger partial charge in [-0.05, 0) is 0 Å². The molecule has 1 aromatic heterocycles. The quantitative estimate of drug-likeness (QED) is 0.768. The topological polar surface area (TPSA) is 89.0 Å². The van der Waals surface area contributed by atoms with Crippen molar-refractivity contribution in [3.05, 3.63) is 22.9 Å². The van der Waals surface area contributed by atoms with Crippen molar-refractivity contribution < 1.29 is 18.3 Å². The molecule has 0 fully saturated rings. The van der Waals surface area contributed by atoms with Crippen molar-refractivity contribution in [1.29, 1.82) is 5.26 Å². The van der Waals surface area contributed by atoms with Gasteiger partial charge in [0, 0.05) is 6.20 Å². The van der Waals surface area contributed by atoms with E-state index in [0.717, 1.165) is 13.3 Å². The molecule has 0 unspecified atom stereocenters. The number of esters is 1. The first-order valence-electron chi connectivity index (χ1n) is 4.07. The van der Waals surface area contributed by atoms with Crippen molar-refractivity contribution in [1.82, 2.24) is 4.98 Å². The third-order valence-electron chi connectivity index (χ3n) is 1.87. The summed E-state index contributed by atoms with van der Waals surface area (Å²) in [6.45, 7) is 0. The standard InChI is InChI=1S/C9H7F2N3O2/c1-16-9(15)6-4(2-12)8(13)14-3-5(6)7(10)11/h3,7H,1H3,(H2,13,14). The van der Waals surface area contributed by atoms with Crippen LogP contribution in [0.3, 0.4) is 0 Å². The Kier molecular flexibility index (Phi) is 3.35. The zero-order valence-electron chi connectivity index (χ0n) is 8.20. The Morgan fingerprint density at radius 3 is 2.75 bits per heavy atom. The van der Waals surface area contributed by atoms with E-state index >= 15 is 0 Å². The Balaban J connectivity index is 3.55. The normalized spacial score (nSPS) is 9.94. The van der Waals surface area contributed by atoms with E-state index in [4.69, 9.17) is 11.0 Å².